The summed E-state index contributed by atoms with van der Waals surface area (Å²) >= 11 is 5.89. The number of benzene rings is 1. The zero-order valence-corrected chi connectivity index (χ0v) is 13.6. The van der Waals surface area contributed by atoms with E-state index in [1.54, 1.807) is 17.0 Å². The normalized spacial score (nSPS) is 25.6. The van der Waals surface area contributed by atoms with Crippen molar-refractivity contribution in [1.82, 2.24) is 4.90 Å². The van der Waals surface area contributed by atoms with Crippen molar-refractivity contribution >= 4 is 29.1 Å². The molecule has 2 fully saturated rings. The molecule has 1 aromatic rings. The number of carbonyl (C=O) groups excluding carboxylic acids is 2. The summed E-state index contributed by atoms with van der Waals surface area (Å²) in [4.78, 5) is 28.6. The number of piperidine rings is 1. The van der Waals surface area contributed by atoms with Gasteiger partial charge in [-0.2, -0.15) is 0 Å². The van der Waals surface area contributed by atoms with Crippen molar-refractivity contribution in [2.24, 2.45) is 5.92 Å². The number of amides is 2. The average Bonchev–Trinajstić information content (AvgIpc) is 2.90. The Balaban J connectivity index is 1.71. The number of hydrogen-bond donors (Lipinski definition) is 0. The van der Waals surface area contributed by atoms with Crippen molar-refractivity contribution in [2.45, 2.75) is 38.6 Å². The summed E-state index contributed by atoms with van der Waals surface area (Å²) < 4.78 is 0. The SMILES string of the molecule is CC1CCCCN1C(=O)C1CC(=O)N(c2ccc(Cl)cc2)C1. The van der Waals surface area contributed by atoms with E-state index in [1.807, 2.05) is 17.0 Å². The molecule has 4 nitrogen and oxygen atoms in total. The maximum atomic E-state index is 12.7. The Morgan fingerprint density at radius 1 is 1.23 bits per heavy atom. The average molecular weight is 321 g/mol. The minimum atomic E-state index is -0.219. The molecule has 2 aliphatic rings. The maximum absolute atomic E-state index is 12.7. The third kappa shape index (κ3) is 2.98. The molecule has 0 saturated carbocycles. The van der Waals surface area contributed by atoms with E-state index >= 15 is 0 Å². The number of halogens is 1. The van der Waals surface area contributed by atoms with Crippen molar-refractivity contribution in [3.8, 4) is 0 Å². The van der Waals surface area contributed by atoms with Crippen LogP contribution in [0.3, 0.4) is 0 Å². The summed E-state index contributed by atoms with van der Waals surface area (Å²) in [5, 5.41) is 0.644. The highest BCUT2D eigenvalue weighted by atomic mass is 35.5. The molecular weight excluding hydrogens is 300 g/mol. The third-order valence-electron chi connectivity index (χ3n) is 4.70. The van der Waals surface area contributed by atoms with Gasteiger partial charge in [0.1, 0.15) is 0 Å². The minimum absolute atomic E-state index is 0.0188. The van der Waals surface area contributed by atoms with Crippen molar-refractivity contribution in [3.63, 3.8) is 0 Å². The van der Waals surface area contributed by atoms with Gasteiger partial charge in [0, 0.05) is 36.3 Å². The number of hydrogen-bond acceptors (Lipinski definition) is 2. The predicted octanol–water partition coefficient (Wildman–Crippen LogP) is 3.09. The highest BCUT2D eigenvalue weighted by molar-refractivity contribution is 6.30. The molecule has 2 unspecified atom stereocenters. The summed E-state index contributed by atoms with van der Waals surface area (Å²) in [6.45, 7) is 3.40. The number of rotatable bonds is 2. The van der Waals surface area contributed by atoms with Crippen LogP contribution in [0.15, 0.2) is 24.3 Å². The first-order valence-corrected chi connectivity index (χ1v) is 8.30. The van der Waals surface area contributed by atoms with E-state index in [1.165, 1.54) is 6.42 Å². The van der Waals surface area contributed by atoms with Crippen molar-refractivity contribution < 1.29 is 9.59 Å². The highest BCUT2D eigenvalue weighted by Crippen LogP contribution is 2.29. The molecular formula is C17H21ClN2O2. The van der Waals surface area contributed by atoms with Gasteiger partial charge < -0.3 is 9.80 Å². The fraction of sp³-hybridized carbons (Fsp3) is 0.529. The fourth-order valence-electron chi connectivity index (χ4n) is 3.40. The van der Waals surface area contributed by atoms with Crippen LogP contribution < -0.4 is 4.90 Å². The number of nitrogens with zero attached hydrogens (tertiary/aromatic N) is 2. The molecule has 0 bridgehead atoms. The Hall–Kier alpha value is -1.55. The van der Waals surface area contributed by atoms with Gasteiger partial charge in [0.15, 0.2) is 0 Å². The Kier molecular flexibility index (Phi) is 4.39. The lowest BCUT2D eigenvalue weighted by Crippen LogP contribution is -2.45. The number of anilines is 1. The zero-order valence-electron chi connectivity index (χ0n) is 12.8. The van der Waals surface area contributed by atoms with Gasteiger partial charge in [-0.15, -0.1) is 0 Å². The first-order valence-electron chi connectivity index (χ1n) is 7.92. The van der Waals surface area contributed by atoms with Gasteiger partial charge >= 0.3 is 0 Å². The van der Waals surface area contributed by atoms with Crippen molar-refractivity contribution in [3.05, 3.63) is 29.3 Å². The molecule has 0 aliphatic carbocycles. The second-order valence-electron chi connectivity index (χ2n) is 6.26. The second kappa shape index (κ2) is 6.29. The maximum Gasteiger partial charge on any atom is 0.228 e. The molecule has 1 aromatic carbocycles. The molecule has 0 aromatic heterocycles. The standard InChI is InChI=1S/C17H21ClN2O2/c1-12-4-2-3-9-19(12)17(22)13-10-16(21)20(11-13)15-7-5-14(18)6-8-15/h5-8,12-13H,2-4,9-11H2,1H3. The molecule has 0 spiro atoms. The van der Waals surface area contributed by atoms with E-state index in [0.717, 1.165) is 25.1 Å². The van der Waals surface area contributed by atoms with E-state index < -0.39 is 0 Å². The van der Waals surface area contributed by atoms with Gasteiger partial charge in [0.2, 0.25) is 11.8 Å². The number of likely N-dealkylation sites (tertiary alicyclic amines) is 1. The van der Waals surface area contributed by atoms with Gasteiger partial charge in [-0.25, -0.2) is 0 Å². The Morgan fingerprint density at radius 3 is 2.64 bits per heavy atom. The summed E-state index contributed by atoms with van der Waals surface area (Å²) in [5.74, 6) is -0.0638. The summed E-state index contributed by atoms with van der Waals surface area (Å²) in [6.07, 6.45) is 3.63. The summed E-state index contributed by atoms with van der Waals surface area (Å²) in [5.41, 5.74) is 0.816. The van der Waals surface area contributed by atoms with Crippen LogP contribution in [0.4, 0.5) is 5.69 Å². The fourth-order valence-corrected chi connectivity index (χ4v) is 3.53. The lowest BCUT2D eigenvalue weighted by atomic mass is 9.99. The second-order valence-corrected chi connectivity index (χ2v) is 6.69. The molecule has 2 heterocycles. The van der Waals surface area contributed by atoms with E-state index in [4.69, 9.17) is 11.6 Å². The van der Waals surface area contributed by atoms with E-state index in [0.29, 0.717) is 24.0 Å². The van der Waals surface area contributed by atoms with Crippen LogP contribution in [-0.2, 0) is 9.59 Å². The van der Waals surface area contributed by atoms with Crippen LogP contribution in [0, 0.1) is 5.92 Å². The topological polar surface area (TPSA) is 40.6 Å². The van der Waals surface area contributed by atoms with Crippen molar-refractivity contribution in [1.29, 1.82) is 0 Å². The largest absolute Gasteiger partial charge is 0.340 e. The molecule has 0 radical (unpaired) electrons. The smallest absolute Gasteiger partial charge is 0.228 e. The van der Waals surface area contributed by atoms with Crippen LogP contribution in [-0.4, -0.2) is 35.8 Å². The number of carbonyl (C=O) groups is 2. The Bertz CT molecular complexity index is 573. The molecule has 118 valence electrons. The van der Waals surface area contributed by atoms with Crippen LogP contribution >= 0.6 is 11.6 Å². The van der Waals surface area contributed by atoms with Crippen LogP contribution in [0.2, 0.25) is 5.02 Å². The van der Waals surface area contributed by atoms with Gasteiger partial charge in [0.05, 0.1) is 5.92 Å². The lowest BCUT2D eigenvalue weighted by molar-refractivity contribution is -0.139. The lowest BCUT2D eigenvalue weighted by Gasteiger charge is -2.35. The highest BCUT2D eigenvalue weighted by Gasteiger charge is 2.38. The molecule has 3 rings (SSSR count). The Labute approximate surface area is 136 Å². The molecule has 5 heteroatoms. The molecule has 2 saturated heterocycles. The van der Waals surface area contributed by atoms with Crippen LogP contribution in [0.25, 0.3) is 0 Å². The van der Waals surface area contributed by atoms with Crippen LogP contribution in [0.1, 0.15) is 32.6 Å². The quantitative estimate of drug-likeness (QED) is 0.840. The van der Waals surface area contributed by atoms with Gasteiger partial charge in [0.25, 0.3) is 0 Å². The Morgan fingerprint density at radius 2 is 1.95 bits per heavy atom. The third-order valence-corrected chi connectivity index (χ3v) is 4.95. The van der Waals surface area contributed by atoms with E-state index in [2.05, 4.69) is 6.92 Å². The van der Waals surface area contributed by atoms with E-state index in [9.17, 15) is 9.59 Å². The molecule has 22 heavy (non-hydrogen) atoms. The van der Waals surface area contributed by atoms with Gasteiger partial charge in [-0.3, -0.25) is 9.59 Å². The predicted molar refractivity (Wildman–Crippen MR) is 86.9 cm³/mol. The molecule has 2 amide bonds. The van der Waals surface area contributed by atoms with Crippen LogP contribution in [0.5, 0.6) is 0 Å². The first-order chi connectivity index (χ1) is 10.6. The zero-order chi connectivity index (χ0) is 15.7. The van der Waals surface area contributed by atoms with Crippen molar-refractivity contribution in [2.75, 3.05) is 18.0 Å². The monoisotopic (exact) mass is 320 g/mol. The van der Waals surface area contributed by atoms with Gasteiger partial charge in [-0.05, 0) is 50.5 Å². The summed E-state index contributed by atoms with van der Waals surface area (Å²) in [7, 11) is 0. The van der Waals surface area contributed by atoms with E-state index in [-0.39, 0.29) is 17.7 Å². The first kappa shape index (κ1) is 15.3. The molecule has 0 N–H and O–H groups in total. The minimum Gasteiger partial charge on any atom is -0.340 e. The molecule has 2 aliphatic heterocycles. The van der Waals surface area contributed by atoms with Gasteiger partial charge in [-0.1, -0.05) is 11.6 Å². The summed E-state index contributed by atoms with van der Waals surface area (Å²) in [6, 6.07) is 7.49. The molecule has 2 atom stereocenters.